The van der Waals surface area contributed by atoms with Crippen LogP contribution >= 0.6 is 0 Å². The number of nitriles is 1. The maximum absolute atomic E-state index is 11.0. The Morgan fingerprint density at radius 2 is 2.05 bits per heavy atom. The molecule has 3 heteroatoms. The second-order valence-corrected chi connectivity index (χ2v) is 6.12. The smallest absolute Gasteiger partial charge is 0.104 e. The first kappa shape index (κ1) is 14.8. The van der Waals surface area contributed by atoms with Crippen LogP contribution in [0.3, 0.4) is 0 Å². The standard InChI is InChI=1S/C19H20N2O/c1-15-5-2-3-8-18(15)19(22)9-10-21(14-19)13-17-7-4-6-16(11-17)12-20/h2-8,11,22H,9-10,13-14H2,1H3/t19-/m0/s1. The zero-order valence-corrected chi connectivity index (χ0v) is 12.8. The summed E-state index contributed by atoms with van der Waals surface area (Å²) >= 11 is 0. The summed E-state index contributed by atoms with van der Waals surface area (Å²) in [5.74, 6) is 0. The molecule has 0 unspecified atom stereocenters. The van der Waals surface area contributed by atoms with Crippen LogP contribution in [-0.2, 0) is 12.1 Å². The highest BCUT2D eigenvalue weighted by atomic mass is 16.3. The molecule has 1 aliphatic rings. The van der Waals surface area contributed by atoms with Crippen molar-refractivity contribution in [1.82, 2.24) is 4.90 Å². The molecule has 0 aromatic heterocycles. The molecule has 0 spiro atoms. The lowest BCUT2D eigenvalue weighted by molar-refractivity contribution is 0.0447. The molecule has 1 atom stereocenters. The predicted octanol–water partition coefficient (Wildman–Crippen LogP) is 2.96. The van der Waals surface area contributed by atoms with Gasteiger partial charge in [-0.3, -0.25) is 4.90 Å². The number of β-amino-alcohol motifs (C(OH)–C–C–N with tert-alkyl or cyclic N) is 1. The molecule has 3 nitrogen and oxygen atoms in total. The summed E-state index contributed by atoms with van der Waals surface area (Å²) < 4.78 is 0. The second-order valence-electron chi connectivity index (χ2n) is 6.12. The Labute approximate surface area is 131 Å². The zero-order chi connectivity index (χ0) is 15.6. The molecule has 1 aliphatic heterocycles. The van der Waals surface area contributed by atoms with Crippen molar-refractivity contribution in [2.45, 2.75) is 25.5 Å². The fourth-order valence-corrected chi connectivity index (χ4v) is 3.32. The van der Waals surface area contributed by atoms with Gasteiger partial charge < -0.3 is 5.11 Å². The van der Waals surface area contributed by atoms with Crippen LogP contribution in [0, 0.1) is 18.3 Å². The normalized spacial score (nSPS) is 21.7. The van der Waals surface area contributed by atoms with Crippen molar-refractivity contribution in [3.8, 4) is 6.07 Å². The van der Waals surface area contributed by atoms with Crippen molar-refractivity contribution in [3.05, 3.63) is 70.8 Å². The Morgan fingerprint density at radius 1 is 1.23 bits per heavy atom. The van der Waals surface area contributed by atoms with Gasteiger partial charge in [0.2, 0.25) is 0 Å². The highest BCUT2D eigenvalue weighted by Gasteiger charge is 2.38. The van der Waals surface area contributed by atoms with Crippen LogP contribution in [0.2, 0.25) is 0 Å². The Hall–Kier alpha value is -2.15. The number of benzene rings is 2. The topological polar surface area (TPSA) is 47.3 Å². The summed E-state index contributed by atoms with van der Waals surface area (Å²) in [5, 5.41) is 20.0. The number of hydrogen-bond donors (Lipinski definition) is 1. The molecule has 3 rings (SSSR count). The third-order valence-electron chi connectivity index (χ3n) is 4.44. The summed E-state index contributed by atoms with van der Waals surface area (Å²) in [5.41, 5.74) is 3.21. The third kappa shape index (κ3) is 2.89. The van der Waals surface area contributed by atoms with Gasteiger partial charge >= 0.3 is 0 Å². The van der Waals surface area contributed by atoms with E-state index in [2.05, 4.69) is 11.0 Å². The van der Waals surface area contributed by atoms with Gasteiger partial charge in [0.25, 0.3) is 0 Å². The monoisotopic (exact) mass is 292 g/mol. The molecular weight excluding hydrogens is 272 g/mol. The van der Waals surface area contributed by atoms with Crippen LogP contribution in [0.25, 0.3) is 0 Å². The first-order chi connectivity index (χ1) is 10.6. The van der Waals surface area contributed by atoms with E-state index in [1.807, 2.05) is 55.5 Å². The summed E-state index contributed by atoms with van der Waals surface area (Å²) in [7, 11) is 0. The Balaban J connectivity index is 1.75. The van der Waals surface area contributed by atoms with Gasteiger partial charge in [0.15, 0.2) is 0 Å². The van der Waals surface area contributed by atoms with E-state index in [4.69, 9.17) is 5.26 Å². The summed E-state index contributed by atoms with van der Waals surface area (Å²) in [6, 6.07) is 17.9. The molecule has 0 amide bonds. The average Bonchev–Trinajstić information content (AvgIpc) is 2.90. The average molecular weight is 292 g/mol. The van der Waals surface area contributed by atoms with E-state index in [-0.39, 0.29) is 0 Å². The van der Waals surface area contributed by atoms with Gasteiger partial charge in [0.05, 0.1) is 11.6 Å². The maximum atomic E-state index is 11.0. The molecule has 1 heterocycles. The van der Waals surface area contributed by atoms with Gasteiger partial charge in [0.1, 0.15) is 5.60 Å². The zero-order valence-electron chi connectivity index (χ0n) is 12.8. The van der Waals surface area contributed by atoms with E-state index in [0.29, 0.717) is 12.1 Å². The largest absolute Gasteiger partial charge is 0.384 e. The molecule has 22 heavy (non-hydrogen) atoms. The summed E-state index contributed by atoms with van der Waals surface area (Å²) in [4.78, 5) is 2.25. The van der Waals surface area contributed by atoms with E-state index in [9.17, 15) is 5.11 Å². The number of aliphatic hydroxyl groups is 1. The molecule has 0 aliphatic carbocycles. The molecule has 1 saturated heterocycles. The number of hydrogen-bond acceptors (Lipinski definition) is 3. The molecule has 0 saturated carbocycles. The Bertz CT molecular complexity index is 719. The van der Waals surface area contributed by atoms with Crippen LogP contribution < -0.4 is 0 Å². The summed E-state index contributed by atoms with van der Waals surface area (Å²) in [6.07, 6.45) is 0.746. The van der Waals surface area contributed by atoms with Crippen LogP contribution in [0.5, 0.6) is 0 Å². The minimum absolute atomic E-state index is 0.634. The molecule has 2 aromatic rings. The number of nitrogens with zero attached hydrogens (tertiary/aromatic N) is 2. The van der Waals surface area contributed by atoms with Gasteiger partial charge in [-0.25, -0.2) is 0 Å². The lowest BCUT2D eigenvalue weighted by Gasteiger charge is -2.25. The van der Waals surface area contributed by atoms with Crippen molar-refractivity contribution in [2.75, 3.05) is 13.1 Å². The number of likely N-dealkylation sites (tertiary alicyclic amines) is 1. The molecular formula is C19H20N2O. The minimum atomic E-state index is -0.766. The first-order valence-electron chi connectivity index (χ1n) is 7.61. The van der Waals surface area contributed by atoms with E-state index in [1.54, 1.807) is 0 Å². The van der Waals surface area contributed by atoms with Gasteiger partial charge in [-0.1, -0.05) is 36.4 Å². The molecule has 112 valence electrons. The predicted molar refractivity (Wildman–Crippen MR) is 86.1 cm³/mol. The lowest BCUT2D eigenvalue weighted by Crippen LogP contribution is -2.31. The van der Waals surface area contributed by atoms with Gasteiger partial charge in [-0.2, -0.15) is 5.26 Å². The van der Waals surface area contributed by atoms with E-state index < -0.39 is 5.60 Å². The highest BCUT2D eigenvalue weighted by molar-refractivity contribution is 5.34. The molecule has 2 aromatic carbocycles. The van der Waals surface area contributed by atoms with Crippen molar-refractivity contribution < 1.29 is 5.11 Å². The van der Waals surface area contributed by atoms with Crippen molar-refractivity contribution in [1.29, 1.82) is 5.26 Å². The lowest BCUT2D eigenvalue weighted by atomic mass is 9.89. The molecule has 1 fully saturated rings. The third-order valence-corrected chi connectivity index (χ3v) is 4.44. The molecule has 0 radical (unpaired) electrons. The van der Waals surface area contributed by atoms with E-state index in [0.717, 1.165) is 36.2 Å². The van der Waals surface area contributed by atoms with Crippen LogP contribution in [0.15, 0.2) is 48.5 Å². The number of aryl methyl sites for hydroxylation is 1. The number of rotatable bonds is 3. The fourth-order valence-electron chi connectivity index (χ4n) is 3.32. The van der Waals surface area contributed by atoms with Crippen molar-refractivity contribution in [2.24, 2.45) is 0 Å². The van der Waals surface area contributed by atoms with Crippen LogP contribution in [0.1, 0.15) is 28.7 Å². The second kappa shape index (κ2) is 5.92. The van der Waals surface area contributed by atoms with Gasteiger partial charge in [-0.05, 0) is 42.2 Å². The van der Waals surface area contributed by atoms with Crippen LogP contribution in [0.4, 0.5) is 0 Å². The SMILES string of the molecule is Cc1ccccc1[C@]1(O)CCN(Cc2cccc(C#N)c2)C1. The quantitative estimate of drug-likeness (QED) is 0.946. The summed E-state index contributed by atoms with van der Waals surface area (Å²) in [6.45, 7) is 4.31. The van der Waals surface area contributed by atoms with Crippen molar-refractivity contribution in [3.63, 3.8) is 0 Å². The van der Waals surface area contributed by atoms with E-state index >= 15 is 0 Å². The highest BCUT2D eigenvalue weighted by Crippen LogP contribution is 2.34. The molecule has 1 N–H and O–H groups in total. The maximum Gasteiger partial charge on any atom is 0.104 e. The fraction of sp³-hybridized carbons (Fsp3) is 0.316. The minimum Gasteiger partial charge on any atom is -0.384 e. The Kier molecular flexibility index (Phi) is 3.98. The van der Waals surface area contributed by atoms with Crippen molar-refractivity contribution >= 4 is 0 Å². The van der Waals surface area contributed by atoms with E-state index in [1.165, 1.54) is 0 Å². The van der Waals surface area contributed by atoms with Gasteiger partial charge in [0, 0.05) is 19.6 Å². The first-order valence-corrected chi connectivity index (χ1v) is 7.61. The van der Waals surface area contributed by atoms with Gasteiger partial charge in [-0.15, -0.1) is 0 Å². The Morgan fingerprint density at radius 3 is 2.82 bits per heavy atom. The van der Waals surface area contributed by atoms with Crippen LogP contribution in [-0.4, -0.2) is 23.1 Å². The molecule has 0 bridgehead atoms.